The maximum Gasteiger partial charge on any atom is 0.243 e. The molecule has 0 radical (unpaired) electrons. The summed E-state index contributed by atoms with van der Waals surface area (Å²) < 4.78 is 0. The number of guanidine groups is 1. The molecule has 2 aromatic rings. The second kappa shape index (κ2) is 12.5. The number of aliphatic imine (C=N–C) groups is 1. The van der Waals surface area contributed by atoms with Crippen LogP contribution in [-0.4, -0.2) is 56.5 Å². The third-order valence-corrected chi connectivity index (χ3v) is 5.41. The molecule has 0 bridgehead atoms. The number of carbonyl (C=O) groups excluding carboxylic acids is 1. The number of halogens is 1. The Morgan fingerprint density at radius 3 is 2.42 bits per heavy atom. The van der Waals surface area contributed by atoms with Gasteiger partial charge in [-0.05, 0) is 37.5 Å². The van der Waals surface area contributed by atoms with Crippen LogP contribution in [0.1, 0.15) is 31.4 Å². The predicted molar refractivity (Wildman–Crippen MR) is 139 cm³/mol. The Balaban J connectivity index is 0.00000341. The number of likely N-dealkylation sites (N-methyl/N-ethyl adjacent to an activating group) is 1. The van der Waals surface area contributed by atoms with Crippen LogP contribution in [0.3, 0.4) is 0 Å². The Morgan fingerprint density at radius 1 is 1.13 bits per heavy atom. The quantitative estimate of drug-likeness (QED) is 0.337. The fraction of sp³-hybridized carbons (Fsp3) is 0.417. The molecule has 1 saturated heterocycles. The molecule has 0 spiro atoms. The molecule has 1 aliphatic rings. The molecule has 2 unspecified atom stereocenters. The van der Waals surface area contributed by atoms with E-state index in [1.54, 1.807) is 19.0 Å². The van der Waals surface area contributed by atoms with Crippen LogP contribution in [0, 0.1) is 0 Å². The van der Waals surface area contributed by atoms with E-state index in [9.17, 15) is 4.79 Å². The highest BCUT2D eigenvalue weighted by Gasteiger charge is 2.22. The molecule has 168 valence electrons. The van der Waals surface area contributed by atoms with E-state index in [-0.39, 0.29) is 48.5 Å². The van der Waals surface area contributed by atoms with E-state index >= 15 is 0 Å². The molecule has 1 fully saturated rings. The monoisotopic (exact) mass is 535 g/mol. The molecule has 7 heteroatoms. The zero-order valence-corrected chi connectivity index (χ0v) is 21.0. The predicted octanol–water partition coefficient (Wildman–Crippen LogP) is 3.66. The Labute approximate surface area is 203 Å². The van der Waals surface area contributed by atoms with Gasteiger partial charge in [0.15, 0.2) is 5.96 Å². The smallest absolute Gasteiger partial charge is 0.243 e. The third kappa shape index (κ3) is 7.72. The van der Waals surface area contributed by atoms with Crippen molar-refractivity contribution in [2.24, 2.45) is 4.99 Å². The van der Waals surface area contributed by atoms with Crippen molar-refractivity contribution in [1.29, 1.82) is 0 Å². The molecule has 2 N–H and O–H groups in total. The number of benzene rings is 2. The zero-order chi connectivity index (χ0) is 21.3. The maximum atomic E-state index is 12.1. The normalized spacial score (nSPS) is 17.3. The van der Waals surface area contributed by atoms with E-state index < -0.39 is 0 Å². The molecule has 6 nitrogen and oxygen atoms in total. The second-order valence-electron chi connectivity index (χ2n) is 7.99. The molecule has 0 saturated carbocycles. The summed E-state index contributed by atoms with van der Waals surface area (Å²) in [4.78, 5) is 20.7. The van der Waals surface area contributed by atoms with Gasteiger partial charge in [0.25, 0.3) is 0 Å². The third-order valence-electron chi connectivity index (χ3n) is 5.41. The lowest BCUT2D eigenvalue weighted by Crippen LogP contribution is -2.51. The van der Waals surface area contributed by atoms with Crippen molar-refractivity contribution in [2.75, 3.05) is 38.6 Å². The molecule has 1 aliphatic heterocycles. The van der Waals surface area contributed by atoms with Gasteiger partial charge in [-0.1, -0.05) is 48.5 Å². The summed E-state index contributed by atoms with van der Waals surface area (Å²) in [7, 11) is 3.51. The molecule has 3 rings (SSSR count). The summed E-state index contributed by atoms with van der Waals surface area (Å²) in [5.74, 6) is 0.666. The van der Waals surface area contributed by atoms with Crippen LogP contribution in [-0.2, 0) is 4.79 Å². The fourth-order valence-electron chi connectivity index (χ4n) is 3.61. The van der Waals surface area contributed by atoms with E-state index in [0.717, 1.165) is 25.9 Å². The number of hydrogen-bond donors (Lipinski definition) is 2. The molecule has 1 heterocycles. The van der Waals surface area contributed by atoms with Crippen molar-refractivity contribution in [3.8, 4) is 0 Å². The largest absolute Gasteiger partial charge is 0.369 e. The van der Waals surface area contributed by atoms with Crippen molar-refractivity contribution in [1.82, 2.24) is 15.5 Å². The molecule has 31 heavy (non-hydrogen) atoms. The number of amides is 1. The lowest BCUT2D eigenvalue weighted by atomic mass is 10.0. The molecule has 2 atom stereocenters. The minimum absolute atomic E-state index is 0. The average Bonchev–Trinajstić information content (AvgIpc) is 2.78. The van der Waals surface area contributed by atoms with E-state index in [1.807, 2.05) is 24.3 Å². The summed E-state index contributed by atoms with van der Waals surface area (Å²) in [5, 5.41) is 7.06. The van der Waals surface area contributed by atoms with Gasteiger partial charge in [0.1, 0.15) is 6.54 Å². The summed E-state index contributed by atoms with van der Waals surface area (Å²) in [6.07, 6.45) is 2.19. The number of para-hydroxylation sites is 1. The van der Waals surface area contributed by atoms with Gasteiger partial charge in [0.2, 0.25) is 5.91 Å². The first-order chi connectivity index (χ1) is 14.5. The Hall–Kier alpha value is -2.29. The molecular formula is C24H34IN5O. The lowest BCUT2D eigenvalue weighted by molar-refractivity contribution is -0.127. The van der Waals surface area contributed by atoms with Gasteiger partial charge in [-0.25, -0.2) is 4.99 Å². The number of anilines is 1. The van der Waals surface area contributed by atoms with Gasteiger partial charge in [0.05, 0.1) is 6.04 Å². The van der Waals surface area contributed by atoms with E-state index in [2.05, 4.69) is 63.8 Å². The molecule has 0 aromatic heterocycles. The van der Waals surface area contributed by atoms with Gasteiger partial charge in [-0.15, -0.1) is 24.0 Å². The maximum absolute atomic E-state index is 12.1. The summed E-state index contributed by atoms with van der Waals surface area (Å²) in [5.41, 5.74) is 2.43. The van der Waals surface area contributed by atoms with Crippen LogP contribution in [0.5, 0.6) is 0 Å². The Kier molecular flexibility index (Phi) is 10.1. The van der Waals surface area contributed by atoms with E-state index in [0.29, 0.717) is 5.96 Å². The van der Waals surface area contributed by atoms with E-state index in [4.69, 9.17) is 0 Å². The number of hydrogen-bond acceptors (Lipinski definition) is 3. The summed E-state index contributed by atoms with van der Waals surface area (Å²) >= 11 is 0. The highest BCUT2D eigenvalue weighted by atomic mass is 127. The molecule has 2 aromatic carbocycles. The lowest BCUT2D eigenvalue weighted by Gasteiger charge is -2.35. The summed E-state index contributed by atoms with van der Waals surface area (Å²) in [6.45, 7) is 4.20. The van der Waals surface area contributed by atoms with Crippen LogP contribution < -0.4 is 15.5 Å². The number of nitrogens with one attached hydrogen (secondary N) is 2. The minimum atomic E-state index is -0.0157. The molecule has 1 amide bonds. The van der Waals surface area contributed by atoms with Crippen molar-refractivity contribution < 1.29 is 4.79 Å². The van der Waals surface area contributed by atoms with Crippen LogP contribution >= 0.6 is 24.0 Å². The van der Waals surface area contributed by atoms with Crippen LogP contribution in [0.15, 0.2) is 65.7 Å². The van der Waals surface area contributed by atoms with Gasteiger partial charge in [0, 0.05) is 38.9 Å². The highest BCUT2D eigenvalue weighted by Crippen LogP contribution is 2.19. The van der Waals surface area contributed by atoms with Crippen molar-refractivity contribution in [2.45, 2.75) is 31.8 Å². The van der Waals surface area contributed by atoms with Gasteiger partial charge in [-0.2, -0.15) is 0 Å². The SMILES string of the molecule is CC(NC(=NCC(=O)N(C)C)NC1CCCN(c2ccccc2)C1)c1ccccc1.I. The average molecular weight is 535 g/mol. The van der Waals surface area contributed by atoms with Gasteiger partial charge in [-0.3, -0.25) is 4.79 Å². The first kappa shape index (κ1) is 25.0. The number of nitrogens with zero attached hydrogens (tertiary/aromatic N) is 3. The minimum Gasteiger partial charge on any atom is -0.369 e. The molecule has 0 aliphatic carbocycles. The summed E-state index contributed by atoms with van der Waals surface area (Å²) in [6, 6.07) is 21.1. The van der Waals surface area contributed by atoms with Gasteiger partial charge >= 0.3 is 0 Å². The van der Waals surface area contributed by atoms with Crippen molar-refractivity contribution >= 4 is 41.5 Å². The van der Waals surface area contributed by atoms with Crippen LogP contribution in [0.4, 0.5) is 5.69 Å². The fourth-order valence-corrected chi connectivity index (χ4v) is 3.61. The molecular weight excluding hydrogens is 501 g/mol. The van der Waals surface area contributed by atoms with Crippen molar-refractivity contribution in [3.63, 3.8) is 0 Å². The number of piperidine rings is 1. The second-order valence-corrected chi connectivity index (χ2v) is 7.99. The van der Waals surface area contributed by atoms with Crippen molar-refractivity contribution in [3.05, 3.63) is 66.2 Å². The van der Waals surface area contributed by atoms with E-state index in [1.165, 1.54) is 11.3 Å². The van der Waals surface area contributed by atoms with Gasteiger partial charge < -0.3 is 20.4 Å². The topological polar surface area (TPSA) is 60.0 Å². The Bertz CT molecular complexity index is 828. The van der Waals surface area contributed by atoms with Crippen LogP contribution in [0.2, 0.25) is 0 Å². The highest BCUT2D eigenvalue weighted by molar-refractivity contribution is 14.0. The number of carbonyl (C=O) groups is 1. The zero-order valence-electron chi connectivity index (χ0n) is 18.6. The Morgan fingerprint density at radius 2 is 1.77 bits per heavy atom. The van der Waals surface area contributed by atoms with Crippen LogP contribution in [0.25, 0.3) is 0 Å². The standard InChI is InChI=1S/C24H33N5O.HI/c1-19(20-11-6-4-7-12-20)26-24(25-17-23(30)28(2)3)27-21-13-10-16-29(18-21)22-14-8-5-9-15-22;/h4-9,11-12,14-15,19,21H,10,13,16-18H2,1-3H3,(H2,25,26,27);1H. The first-order valence-electron chi connectivity index (χ1n) is 10.7. The number of rotatable bonds is 6. The first-order valence-corrected chi connectivity index (χ1v) is 10.7.